The van der Waals surface area contributed by atoms with E-state index < -0.39 is 6.03 Å². The summed E-state index contributed by atoms with van der Waals surface area (Å²) in [5, 5.41) is 0. The Morgan fingerprint density at radius 2 is 1.93 bits per heavy atom. The monoisotopic (exact) mass is 220 g/mol. The van der Waals surface area contributed by atoms with Crippen molar-refractivity contribution in [3.63, 3.8) is 0 Å². The lowest BCUT2D eigenvalue weighted by atomic mass is 10.5. The highest BCUT2D eigenvalue weighted by atomic mass is 35.5. The highest BCUT2D eigenvalue weighted by Crippen LogP contribution is 1.73. The Balaban J connectivity index is 0. The van der Waals surface area contributed by atoms with Crippen LogP contribution in [0.1, 0.15) is 0 Å². The van der Waals surface area contributed by atoms with E-state index in [0.717, 1.165) is 0 Å². The Morgan fingerprint density at radius 3 is 2.07 bits per heavy atom. The molecule has 0 radical (unpaired) electrons. The van der Waals surface area contributed by atoms with Gasteiger partial charge in [0.25, 0.3) is 0 Å². The number of pyridine rings is 1. The number of carbonyl (C=O) groups excluding carboxylic acids is 1. The Morgan fingerprint density at radius 1 is 1.36 bits per heavy atom. The van der Waals surface area contributed by atoms with Gasteiger partial charge in [-0.2, -0.15) is 0 Å². The second kappa shape index (κ2) is 11.6. The quantitative estimate of drug-likeness (QED) is 0.623. The first-order valence-corrected chi connectivity index (χ1v) is 3.45. The number of halogens is 1. The maximum Gasteiger partial charge on any atom is 0.328 e. The third-order valence-corrected chi connectivity index (χ3v) is 0.843. The van der Waals surface area contributed by atoms with Gasteiger partial charge in [0.2, 0.25) is 0 Å². The van der Waals surface area contributed by atoms with E-state index in [9.17, 15) is 4.79 Å². The zero-order chi connectivity index (χ0) is 9.94. The van der Waals surface area contributed by atoms with Crippen molar-refractivity contribution in [2.24, 2.45) is 5.73 Å². The summed E-state index contributed by atoms with van der Waals surface area (Å²) in [6.07, 6.45) is 3.50. The van der Waals surface area contributed by atoms with Crippen molar-refractivity contribution in [3.05, 3.63) is 30.6 Å². The molecule has 2 amide bonds. The molecule has 0 spiro atoms. The van der Waals surface area contributed by atoms with E-state index in [-0.39, 0.29) is 12.4 Å². The second-order valence-electron chi connectivity index (χ2n) is 1.82. The molecule has 1 heterocycles. The molecule has 4 N–H and O–H groups in total. The minimum Gasteiger partial charge on any atom is -0.350 e. The molecule has 0 fully saturated rings. The van der Waals surface area contributed by atoms with Crippen molar-refractivity contribution in [1.29, 1.82) is 0 Å². The molecule has 0 bridgehead atoms. The molecule has 14 heavy (non-hydrogen) atoms. The first-order valence-electron chi connectivity index (χ1n) is 3.45. The molecule has 0 aliphatic heterocycles. The minimum absolute atomic E-state index is 0. The van der Waals surface area contributed by atoms with Gasteiger partial charge in [-0.15, -0.1) is 18.0 Å². The van der Waals surface area contributed by atoms with E-state index in [1.54, 1.807) is 12.4 Å². The number of primary amides is 1. The lowest BCUT2D eigenvalue weighted by molar-refractivity contribution is 0.0655. The molecule has 0 atom stereocenters. The third-order valence-electron chi connectivity index (χ3n) is 0.843. The van der Waals surface area contributed by atoms with Crippen molar-refractivity contribution in [3.8, 4) is 0 Å². The van der Waals surface area contributed by atoms with Crippen molar-refractivity contribution in [1.82, 2.24) is 16.0 Å². The second-order valence-corrected chi connectivity index (χ2v) is 1.82. The summed E-state index contributed by atoms with van der Waals surface area (Å²) in [4.78, 5) is 17.7. The van der Waals surface area contributed by atoms with E-state index in [1.807, 2.05) is 29.2 Å². The van der Waals surface area contributed by atoms with Crippen molar-refractivity contribution >= 4 is 18.4 Å². The summed E-state index contributed by atoms with van der Waals surface area (Å²) in [5.74, 6) is 0. The summed E-state index contributed by atoms with van der Waals surface area (Å²) in [6, 6.07) is 5.04. The number of hydrogen-bond acceptors (Lipinski definition) is 4. The molecule has 80 valence electrons. The van der Waals surface area contributed by atoms with Crippen LogP contribution in [0.25, 0.3) is 0 Å². The van der Waals surface area contributed by atoms with E-state index >= 15 is 0 Å². The van der Waals surface area contributed by atoms with Crippen LogP contribution in [-0.2, 0) is 4.84 Å². The summed E-state index contributed by atoms with van der Waals surface area (Å²) in [5.41, 5.74) is 8.57. The molecule has 0 saturated heterocycles. The first-order chi connectivity index (χ1) is 6.27. The molecule has 1 aromatic heterocycles. The molecule has 0 unspecified atom stereocenters. The third kappa shape index (κ3) is 13.2. The van der Waals surface area contributed by atoms with Crippen LogP contribution in [0.2, 0.25) is 0 Å². The zero-order valence-electron chi connectivity index (χ0n) is 7.64. The topological polar surface area (TPSA) is 89.3 Å². The van der Waals surface area contributed by atoms with Gasteiger partial charge < -0.3 is 5.73 Å². The van der Waals surface area contributed by atoms with Gasteiger partial charge in [0, 0.05) is 12.4 Å². The van der Waals surface area contributed by atoms with Gasteiger partial charge in [0.15, 0.2) is 0 Å². The van der Waals surface area contributed by atoms with E-state index in [1.165, 1.54) is 7.11 Å². The molecule has 1 rings (SSSR count). The van der Waals surface area contributed by atoms with Crippen LogP contribution in [0.4, 0.5) is 4.79 Å². The highest BCUT2D eigenvalue weighted by Gasteiger charge is 1.82. The maximum absolute atomic E-state index is 9.73. The van der Waals surface area contributed by atoms with Crippen molar-refractivity contribution < 1.29 is 9.63 Å². The van der Waals surface area contributed by atoms with Crippen LogP contribution in [0, 0.1) is 0 Å². The van der Waals surface area contributed by atoms with Crippen LogP contribution in [-0.4, -0.2) is 18.1 Å². The number of nitrogens with zero attached hydrogens (tertiary/aromatic N) is 1. The number of nitrogens with two attached hydrogens (primary N) is 1. The molecule has 0 saturated carbocycles. The number of urea groups is 1. The van der Waals surface area contributed by atoms with Gasteiger partial charge in [0.05, 0.1) is 7.11 Å². The predicted octanol–water partition coefficient (Wildman–Crippen LogP) is 0.224. The standard InChI is InChI=1S/C5H5N.C2H7N3O2.ClH/c1-2-4-6-5-3-1;1-7-5-4-2(3)6;/h1-5H;5H,1H3,(H3,3,4,6);1H. The van der Waals surface area contributed by atoms with Gasteiger partial charge in [-0.05, 0) is 12.1 Å². The molecule has 0 aromatic carbocycles. The van der Waals surface area contributed by atoms with E-state index in [2.05, 4.69) is 15.6 Å². The van der Waals surface area contributed by atoms with Crippen molar-refractivity contribution in [2.45, 2.75) is 0 Å². The number of hydrazine groups is 1. The number of aromatic nitrogens is 1. The van der Waals surface area contributed by atoms with Gasteiger partial charge in [-0.25, -0.2) is 4.79 Å². The molecular weight excluding hydrogens is 208 g/mol. The molecular formula is C7H13ClN4O2. The smallest absolute Gasteiger partial charge is 0.328 e. The van der Waals surface area contributed by atoms with Gasteiger partial charge in [0.1, 0.15) is 0 Å². The minimum atomic E-state index is -0.679. The lowest BCUT2D eigenvalue weighted by Crippen LogP contribution is -2.40. The Kier molecular flexibility index (Phi) is 12.6. The van der Waals surface area contributed by atoms with E-state index in [4.69, 9.17) is 0 Å². The van der Waals surface area contributed by atoms with Gasteiger partial charge in [-0.3, -0.25) is 15.2 Å². The van der Waals surface area contributed by atoms with E-state index in [0.29, 0.717) is 0 Å². The maximum atomic E-state index is 9.73. The Labute approximate surface area is 88.2 Å². The fraction of sp³-hybridized carbons (Fsp3) is 0.143. The number of rotatable bonds is 2. The van der Waals surface area contributed by atoms with Crippen molar-refractivity contribution in [2.75, 3.05) is 7.11 Å². The fourth-order valence-corrected chi connectivity index (χ4v) is 0.414. The van der Waals surface area contributed by atoms with Crippen LogP contribution in [0.5, 0.6) is 0 Å². The average Bonchev–Trinajstić information content (AvgIpc) is 2.18. The largest absolute Gasteiger partial charge is 0.350 e. The van der Waals surface area contributed by atoms with Crippen LogP contribution >= 0.6 is 12.4 Å². The molecule has 0 aliphatic rings. The molecule has 1 aromatic rings. The number of amides is 2. The molecule has 0 aliphatic carbocycles. The number of nitrogens with one attached hydrogen (secondary N) is 2. The Hall–Kier alpha value is -1.37. The molecule has 7 heteroatoms. The van der Waals surface area contributed by atoms with Gasteiger partial charge in [-0.1, -0.05) is 6.07 Å². The fourth-order valence-electron chi connectivity index (χ4n) is 0.414. The summed E-state index contributed by atoms with van der Waals surface area (Å²) >= 11 is 0. The van der Waals surface area contributed by atoms with Crippen LogP contribution in [0.3, 0.4) is 0 Å². The first kappa shape index (κ1) is 15.1. The average molecular weight is 221 g/mol. The van der Waals surface area contributed by atoms with Crippen LogP contribution in [0.15, 0.2) is 30.6 Å². The summed E-state index contributed by atoms with van der Waals surface area (Å²) in [6.45, 7) is 0. The number of hydrogen-bond donors (Lipinski definition) is 3. The lowest BCUT2D eigenvalue weighted by Gasteiger charge is -1.96. The van der Waals surface area contributed by atoms with Gasteiger partial charge >= 0.3 is 6.03 Å². The SMILES string of the molecule is CONNC(N)=O.Cl.c1ccncc1. The normalized spacial score (nSPS) is 7.50. The highest BCUT2D eigenvalue weighted by molar-refractivity contribution is 5.85. The summed E-state index contributed by atoms with van der Waals surface area (Å²) in [7, 11) is 1.36. The van der Waals surface area contributed by atoms with Crippen LogP contribution < -0.4 is 16.7 Å². The number of carbonyl (C=O) groups is 1. The Bertz CT molecular complexity index is 195. The summed E-state index contributed by atoms with van der Waals surface area (Å²) < 4.78 is 0. The zero-order valence-corrected chi connectivity index (χ0v) is 8.45. The predicted molar refractivity (Wildman–Crippen MR) is 54.3 cm³/mol. The molecule has 6 nitrogen and oxygen atoms in total.